The summed E-state index contributed by atoms with van der Waals surface area (Å²) in [4.78, 5) is 13.8. The Kier molecular flexibility index (Phi) is 7.60. The van der Waals surface area contributed by atoms with Crippen molar-refractivity contribution in [2.45, 2.75) is 33.2 Å². The van der Waals surface area contributed by atoms with Crippen LogP contribution in [0.15, 0.2) is 41.7 Å². The Morgan fingerprint density at radius 2 is 1.96 bits per heavy atom. The smallest absolute Gasteiger partial charge is 0.194 e. The molecular formula is C21H31ClN6. The Morgan fingerprint density at radius 3 is 2.64 bits per heavy atom. The van der Waals surface area contributed by atoms with Crippen molar-refractivity contribution < 1.29 is 0 Å². The standard InChI is InChI=1S/C21H31ClN6/c1-3-23-21(25-10-6-7-12-26-13-11-24-18(26)2)28-16-14-27(15-17-28)20-9-5-4-8-19(20)22/h4-5,8-9,11,13H,3,6-7,10,12,14-17H2,1-2H3,(H,23,25). The van der Waals surface area contributed by atoms with Gasteiger partial charge in [0.05, 0.1) is 10.7 Å². The van der Waals surface area contributed by atoms with Crippen molar-refractivity contribution in [2.24, 2.45) is 4.99 Å². The zero-order valence-electron chi connectivity index (χ0n) is 16.9. The van der Waals surface area contributed by atoms with Gasteiger partial charge in [-0.05, 0) is 38.8 Å². The van der Waals surface area contributed by atoms with E-state index in [0.29, 0.717) is 0 Å². The number of para-hydroxylation sites is 1. The molecule has 7 heteroatoms. The van der Waals surface area contributed by atoms with Gasteiger partial charge in [-0.1, -0.05) is 23.7 Å². The third kappa shape index (κ3) is 5.41. The zero-order valence-corrected chi connectivity index (χ0v) is 17.7. The highest BCUT2D eigenvalue weighted by Gasteiger charge is 2.20. The molecule has 1 aliphatic rings. The van der Waals surface area contributed by atoms with E-state index in [0.717, 1.165) is 81.1 Å². The Bertz CT molecular complexity index is 764. The van der Waals surface area contributed by atoms with Gasteiger partial charge in [-0.25, -0.2) is 4.98 Å². The number of aromatic nitrogens is 2. The molecular weight excluding hydrogens is 372 g/mol. The van der Waals surface area contributed by atoms with Gasteiger partial charge in [0.15, 0.2) is 5.96 Å². The van der Waals surface area contributed by atoms with E-state index in [4.69, 9.17) is 16.6 Å². The van der Waals surface area contributed by atoms with E-state index in [1.54, 1.807) is 0 Å². The van der Waals surface area contributed by atoms with Gasteiger partial charge >= 0.3 is 0 Å². The lowest BCUT2D eigenvalue weighted by Gasteiger charge is -2.38. The molecule has 0 saturated carbocycles. The highest BCUT2D eigenvalue weighted by Crippen LogP contribution is 2.26. The number of guanidine groups is 1. The van der Waals surface area contributed by atoms with Gasteiger partial charge in [-0.15, -0.1) is 0 Å². The van der Waals surface area contributed by atoms with Crippen molar-refractivity contribution in [3.63, 3.8) is 0 Å². The van der Waals surface area contributed by atoms with Crippen molar-refractivity contribution in [3.05, 3.63) is 47.5 Å². The SMILES string of the molecule is CCNC(=NCCCCn1ccnc1C)N1CCN(c2ccccc2Cl)CC1. The number of nitrogens with zero attached hydrogens (tertiary/aromatic N) is 5. The van der Waals surface area contributed by atoms with Crippen LogP contribution in [0.3, 0.4) is 0 Å². The third-order valence-electron chi connectivity index (χ3n) is 5.10. The highest BCUT2D eigenvalue weighted by atomic mass is 35.5. The van der Waals surface area contributed by atoms with E-state index in [1.165, 1.54) is 0 Å². The zero-order chi connectivity index (χ0) is 19.8. The van der Waals surface area contributed by atoms with Crippen LogP contribution in [-0.4, -0.2) is 59.7 Å². The quantitative estimate of drug-likeness (QED) is 0.438. The van der Waals surface area contributed by atoms with Crippen molar-refractivity contribution in [3.8, 4) is 0 Å². The molecule has 1 aliphatic heterocycles. The van der Waals surface area contributed by atoms with Crippen LogP contribution in [0.4, 0.5) is 5.69 Å². The van der Waals surface area contributed by atoms with E-state index in [1.807, 2.05) is 37.5 Å². The maximum Gasteiger partial charge on any atom is 0.194 e. The molecule has 0 radical (unpaired) electrons. The first kappa shape index (κ1) is 20.5. The Morgan fingerprint density at radius 1 is 1.18 bits per heavy atom. The highest BCUT2D eigenvalue weighted by molar-refractivity contribution is 6.33. The van der Waals surface area contributed by atoms with Crippen LogP contribution in [0.2, 0.25) is 5.02 Å². The topological polar surface area (TPSA) is 48.7 Å². The number of rotatable bonds is 7. The number of benzene rings is 1. The molecule has 1 aromatic heterocycles. The predicted octanol–water partition coefficient (Wildman–Crippen LogP) is 3.41. The average molecular weight is 403 g/mol. The summed E-state index contributed by atoms with van der Waals surface area (Å²) < 4.78 is 2.20. The lowest BCUT2D eigenvalue weighted by molar-refractivity contribution is 0.372. The van der Waals surface area contributed by atoms with Gasteiger partial charge in [-0.3, -0.25) is 4.99 Å². The van der Waals surface area contributed by atoms with Gasteiger partial charge in [0.2, 0.25) is 0 Å². The van der Waals surface area contributed by atoms with E-state index in [9.17, 15) is 0 Å². The maximum absolute atomic E-state index is 6.35. The molecule has 2 aromatic rings. The van der Waals surface area contributed by atoms with Crippen LogP contribution >= 0.6 is 11.6 Å². The number of nitrogens with one attached hydrogen (secondary N) is 1. The van der Waals surface area contributed by atoms with Crippen LogP contribution < -0.4 is 10.2 Å². The van der Waals surface area contributed by atoms with Crippen molar-refractivity contribution in [1.82, 2.24) is 19.8 Å². The predicted molar refractivity (Wildman–Crippen MR) is 117 cm³/mol. The molecule has 0 spiro atoms. The number of unbranched alkanes of at least 4 members (excludes halogenated alkanes) is 1. The van der Waals surface area contributed by atoms with Crippen LogP contribution in [0.1, 0.15) is 25.6 Å². The number of imidazole rings is 1. The van der Waals surface area contributed by atoms with Crippen molar-refractivity contribution >= 4 is 23.2 Å². The van der Waals surface area contributed by atoms with Crippen molar-refractivity contribution in [1.29, 1.82) is 0 Å². The number of hydrogen-bond acceptors (Lipinski definition) is 3. The second kappa shape index (κ2) is 10.4. The van der Waals surface area contributed by atoms with E-state index in [-0.39, 0.29) is 0 Å². The second-order valence-corrected chi connectivity index (χ2v) is 7.44. The summed E-state index contributed by atoms with van der Waals surface area (Å²) in [5, 5.41) is 4.27. The summed E-state index contributed by atoms with van der Waals surface area (Å²) in [6.07, 6.45) is 6.09. The monoisotopic (exact) mass is 402 g/mol. The molecule has 28 heavy (non-hydrogen) atoms. The first-order chi connectivity index (χ1) is 13.7. The minimum atomic E-state index is 0.824. The molecule has 0 bridgehead atoms. The maximum atomic E-state index is 6.35. The molecule has 0 unspecified atom stereocenters. The summed E-state index contributed by atoms with van der Waals surface area (Å²) in [5.41, 5.74) is 1.13. The third-order valence-corrected chi connectivity index (χ3v) is 5.42. The van der Waals surface area contributed by atoms with Gasteiger partial charge in [0, 0.05) is 58.2 Å². The molecule has 6 nitrogen and oxygen atoms in total. The first-order valence-electron chi connectivity index (χ1n) is 10.2. The summed E-state index contributed by atoms with van der Waals surface area (Å²) in [5.74, 6) is 2.10. The number of halogens is 1. The summed E-state index contributed by atoms with van der Waals surface area (Å²) in [6, 6.07) is 8.08. The average Bonchev–Trinajstić information content (AvgIpc) is 3.12. The normalized spacial score (nSPS) is 15.2. The molecule has 1 aromatic carbocycles. The van der Waals surface area contributed by atoms with Crippen LogP contribution in [0.25, 0.3) is 0 Å². The fourth-order valence-electron chi connectivity index (χ4n) is 3.51. The Labute approximate surface area is 173 Å². The molecule has 0 aliphatic carbocycles. The van der Waals surface area contributed by atoms with Crippen LogP contribution in [-0.2, 0) is 6.54 Å². The van der Waals surface area contributed by atoms with Crippen LogP contribution in [0, 0.1) is 6.92 Å². The summed E-state index contributed by atoms with van der Waals surface area (Å²) in [7, 11) is 0. The first-order valence-corrected chi connectivity index (χ1v) is 10.6. The van der Waals surface area contributed by atoms with Crippen molar-refractivity contribution in [2.75, 3.05) is 44.2 Å². The van der Waals surface area contributed by atoms with E-state index >= 15 is 0 Å². The lowest BCUT2D eigenvalue weighted by atomic mass is 10.2. The fourth-order valence-corrected chi connectivity index (χ4v) is 3.77. The largest absolute Gasteiger partial charge is 0.367 e. The minimum absolute atomic E-state index is 0.824. The summed E-state index contributed by atoms with van der Waals surface area (Å²) in [6.45, 7) is 10.7. The van der Waals surface area contributed by atoms with Gasteiger partial charge in [0.25, 0.3) is 0 Å². The van der Waals surface area contributed by atoms with Gasteiger partial charge < -0.3 is 19.7 Å². The molecule has 0 atom stereocenters. The number of anilines is 1. The second-order valence-electron chi connectivity index (χ2n) is 7.04. The molecule has 1 fully saturated rings. The van der Waals surface area contributed by atoms with Gasteiger partial charge in [0.1, 0.15) is 5.82 Å². The van der Waals surface area contributed by atoms with E-state index < -0.39 is 0 Å². The molecule has 1 saturated heterocycles. The fraction of sp³-hybridized carbons (Fsp3) is 0.524. The summed E-state index contributed by atoms with van der Waals surface area (Å²) >= 11 is 6.35. The molecule has 0 amide bonds. The number of hydrogen-bond donors (Lipinski definition) is 1. The minimum Gasteiger partial charge on any atom is -0.367 e. The molecule has 3 rings (SSSR count). The molecule has 152 valence electrons. The number of aliphatic imine (C=N–C) groups is 1. The lowest BCUT2D eigenvalue weighted by Crippen LogP contribution is -2.52. The molecule has 2 heterocycles. The number of aryl methyl sites for hydroxylation is 2. The Hall–Kier alpha value is -2.21. The van der Waals surface area contributed by atoms with E-state index in [2.05, 4.69) is 37.7 Å². The Balaban J connectivity index is 1.48. The number of piperazine rings is 1. The van der Waals surface area contributed by atoms with Crippen LogP contribution in [0.5, 0.6) is 0 Å². The molecule has 1 N–H and O–H groups in total. The van der Waals surface area contributed by atoms with Gasteiger partial charge in [-0.2, -0.15) is 0 Å².